The smallest absolute Gasteiger partial charge is 0.0755 e. The Morgan fingerprint density at radius 1 is 0.903 bits per heavy atom. The minimum Gasteiger partial charge on any atom is -0.371 e. The van der Waals surface area contributed by atoms with Gasteiger partial charge in [0.25, 0.3) is 0 Å². The van der Waals surface area contributed by atoms with Crippen LogP contribution in [0.1, 0.15) is 42.0 Å². The van der Waals surface area contributed by atoms with Gasteiger partial charge in [0.15, 0.2) is 0 Å². The number of morpholine rings is 1. The molecule has 4 nitrogen and oxygen atoms in total. The van der Waals surface area contributed by atoms with E-state index in [4.69, 9.17) is 9.72 Å². The second-order valence-corrected chi connectivity index (χ2v) is 9.53. The standard InChI is InChI=1S/C27H27N3O/c1-2-6-24-19(4-1)8-11-25(28-24)22-14-27(22)29-13-12-18-5-3-7-26(23(18)17-29)30-15-20-9-10-21(16-30)31-20/h1-8,11-13,20-22,27H,9-10,14-17H2/t20-,21+,22?,27?. The molecule has 1 saturated carbocycles. The minimum atomic E-state index is 0.414. The van der Waals surface area contributed by atoms with Gasteiger partial charge in [0.2, 0.25) is 0 Å². The van der Waals surface area contributed by atoms with Gasteiger partial charge in [-0.2, -0.15) is 0 Å². The highest BCUT2D eigenvalue weighted by atomic mass is 16.5. The molecule has 4 heteroatoms. The summed E-state index contributed by atoms with van der Waals surface area (Å²) < 4.78 is 6.08. The molecular formula is C27H27N3O. The third-order valence-electron chi connectivity index (χ3n) is 7.54. The number of aromatic nitrogens is 1. The molecule has 4 aliphatic rings. The van der Waals surface area contributed by atoms with Gasteiger partial charge in [-0.1, -0.05) is 36.4 Å². The number of para-hydroxylation sites is 1. The second-order valence-electron chi connectivity index (χ2n) is 9.53. The average Bonchev–Trinajstić information content (AvgIpc) is 3.56. The van der Waals surface area contributed by atoms with Crippen molar-refractivity contribution in [2.24, 2.45) is 0 Å². The number of nitrogens with zero attached hydrogens (tertiary/aromatic N) is 3. The molecular weight excluding hydrogens is 382 g/mol. The topological polar surface area (TPSA) is 28.6 Å². The molecule has 2 saturated heterocycles. The molecule has 1 aliphatic carbocycles. The van der Waals surface area contributed by atoms with Crippen LogP contribution in [0.5, 0.6) is 0 Å². The first kappa shape index (κ1) is 17.8. The van der Waals surface area contributed by atoms with E-state index in [0.717, 1.165) is 25.2 Å². The summed E-state index contributed by atoms with van der Waals surface area (Å²) in [5.74, 6) is 0.530. The molecule has 0 spiro atoms. The van der Waals surface area contributed by atoms with Crippen molar-refractivity contribution in [2.75, 3.05) is 18.0 Å². The third-order valence-corrected chi connectivity index (χ3v) is 7.54. The van der Waals surface area contributed by atoms with Crippen molar-refractivity contribution in [3.63, 3.8) is 0 Å². The Labute approximate surface area is 183 Å². The molecule has 4 atom stereocenters. The van der Waals surface area contributed by atoms with Gasteiger partial charge in [0.05, 0.1) is 17.7 Å². The third kappa shape index (κ3) is 3.04. The van der Waals surface area contributed by atoms with E-state index in [9.17, 15) is 0 Å². The summed E-state index contributed by atoms with van der Waals surface area (Å²) in [5, 5.41) is 1.22. The zero-order valence-corrected chi connectivity index (χ0v) is 17.7. The number of hydrogen-bond donors (Lipinski definition) is 0. The number of ether oxygens (including phenoxy) is 1. The van der Waals surface area contributed by atoms with Crippen LogP contribution in [0.3, 0.4) is 0 Å². The zero-order chi connectivity index (χ0) is 20.4. The summed E-state index contributed by atoms with van der Waals surface area (Å²) in [7, 11) is 0. The first-order chi connectivity index (χ1) is 15.3. The highest BCUT2D eigenvalue weighted by Gasteiger charge is 2.44. The lowest BCUT2D eigenvalue weighted by molar-refractivity contribution is 0.0304. The Bertz CT molecular complexity index is 1180. The lowest BCUT2D eigenvalue weighted by Gasteiger charge is -2.37. The van der Waals surface area contributed by atoms with Gasteiger partial charge in [0, 0.05) is 60.1 Å². The lowest BCUT2D eigenvalue weighted by Crippen LogP contribution is -2.43. The van der Waals surface area contributed by atoms with Crippen molar-refractivity contribution < 1.29 is 4.74 Å². The van der Waals surface area contributed by atoms with E-state index >= 15 is 0 Å². The SMILES string of the molecule is C1=CN(C2CC2c2ccc3ccccc3n2)Cc2c1cccc2N1C[C@H]2CC[C@@H](C1)O2. The first-order valence-electron chi connectivity index (χ1n) is 11.6. The molecule has 2 aromatic carbocycles. The Morgan fingerprint density at radius 3 is 2.68 bits per heavy atom. The van der Waals surface area contributed by atoms with Crippen molar-refractivity contribution in [1.82, 2.24) is 9.88 Å². The van der Waals surface area contributed by atoms with E-state index in [2.05, 4.69) is 76.7 Å². The van der Waals surface area contributed by atoms with E-state index in [1.165, 1.54) is 47.2 Å². The number of anilines is 1. The maximum absolute atomic E-state index is 6.08. The van der Waals surface area contributed by atoms with Crippen LogP contribution in [-0.4, -0.2) is 41.2 Å². The van der Waals surface area contributed by atoms with Crippen LogP contribution in [0.25, 0.3) is 17.0 Å². The van der Waals surface area contributed by atoms with Gasteiger partial charge in [-0.3, -0.25) is 4.98 Å². The summed E-state index contributed by atoms with van der Waals surface area (Å²) in [5.41, 5.74) is 6.60. The fourth-order valence-corrected chi connectivity index (χ4v) is 5.82. The predicted octanol–water partition coefficient (Wildman–Crippen LogP) is 4.94. The van der Waals surface area contributed by atoms with E-state index < -0.39 is 0 Å². The highest BCUT2D eigenvalue weighted by Crippen LogP contribution is 2.47. The molecule has 1 aromatic heterocycles. The van der Waals surface area contributed by atoms with Gasteiger partial charge >= 0.3 is 0 Å². The van der Waals surface area contributed by atoms with Crippen molar-refractivity contribution in [3.8, 4) is 0 Å². The lowest BCUT2D eigenvalue weighted by atomic mass is 10.00. The Hall–Kier alpha value is -2.85. The number of pyridine rings is 1. The molecule has 2 unspecified atom stereocenters. The summed E-state index contributed by atoms with van der Waals surface area (Å²) in [6, 6.07) is 20.2. The molecule has 2 bridgehead atoms. The number of benzene rings is 2. The zero-order valence-electron chi connectivity index (χ0n) is 17.7. The van der Waals surface area contributed by atoms with E-state index in [1.807, 2.05) is 0 Å². The Balaban J connectivity index is 1.14. The van der Waals surface area contributed by atoms with Crippen molar-refractivity contribution >= 4 is 22.7 Å². The van der Waals surface area contributed by atoms with E-state index in [0.29, 0.717) is 24.2 Å². The molecule has 3 aliphatic heterocycles. The van der Waals surface area contributed by atoms with Crippen LogP contribution in [0.15, 0.2) is 60.8 Å². The second kappa shape index (κ2) is 6.83. The van der Waals surface area contributed by atoms with Crippen molar-refractivity contribution in [1.29, 1.82) is 0 Å². The molecule has 0 radical (unpaired) electrons. The van der Waals surface area contributed by atoms with Gasteiger partial charge in [-0.25, -0.2) is 0 Å². The minimum absolute atomic E-state index is 0.414. The maximum Gasteiger partial charge on any atom is 0.0755 e. The van der Waals surface area contributed by atoms with Crippen LogP contribution >= 0.6 is 0 Å². The number of fused-ring (bicyclic) bond motifs is 4. The van der Waals surface area contributed by atoms with Gasteiger partial charge < -0.3 is 14.5 Å². The molecule has 0 N–H and O–H groups in total. The molecule has 3 aromatic rings. The summed E-state index contributed by atoms with van der Waals surface area (Å²) in [6.07, 6.45) is 9.06. The van der Waals surface area contributed by atoms with Crippen molar-refractivity contribution in [3.05, 3.63) is 77.6 Å². The van der Waals surface area contributed by atoms with E-state index in [1.54, 1.807) is 0 Å². The van der Waals surface area contributed by atoms with Crippen LogP contribution in [0, 0.1) is 0 Å². The largest absolute Gasteiger partial charge is 0.371 e. The van der Waals surface area contributed by atoms with Crippen LogP contribution < -0.4 is 4.90 Å². The Morgan fingerprint density at radius 2 is 1.77 bits per heavy atom. The molecule has 3 fully saturated rings. The number of hydrogen-bond acceptors (Lipinski definition) is 4. The molecule has 7 rings (SSSR count). The summed E-state index contributed by atoms with van der Waals surface area (Å²) in [6.45, 7) is 3.05. The quantitative estimate of drug-likeness (QED) is 0.612. The molecule has 4 heterocycles. The molecule has 156 valence electrons. The summed E-state index contributed by atoms with van der Waals surface area (Å²) >= 11 is 0. The highest BCUT2D eigenvalue weighted by molar-refractivity contribution is 5.78. The fraction of sp³-hybridized carbons (Fsp3) is 0.370. The van der Waals surface area contributed by atoms with Gasteiger partial charge in [0.1, 0.15) is 0 Å². The fourth-order valence-electron chi connectivity index (χ4n) is 5.82. The van der Waals surface area contributed by atoms with Crippen LogP contribution in [0.4, 0.5) is 5.69 Å². The normalized spacial score (nSPS) is 28.8. The monoisotopic (exact) mass is 409 g/mol. The predicted molar refractivity (Wildman–Crippen MR) is 124 cm³/mol. The Kier molecular flexibility index (Phi) is 3.92. The molecule has 0 amide bonds. The first-order valence-corrected chi connectivity index (χ1v) is 11.6. The van der Waals surface area contributed by atoms with Gasteiger partial charge in [-0.15, -0.1) is 0 Å². The van der Waals surface area contributed by atoms with E-state index in [-0.39, 0.29) is 0 Å². The van der Waals surface area contributed by atoms with Crippen LogP contribution in [-0.2, 0) is 11.3 Å². The maximum atomic E-state index is 6.08. The number of rotatable bonds is 3. The summed E-state index contributed by atoms with van der Waals surface area (Å²) in [4.78, 5) is 10.1. The van der Waals surface area contributed by atoms with Crippen molar-refractivity contribution in [2.45, 2.75) is 50.0 Å². The molecule has 31 heavy (non-hydrogen) atoms. The van der Waals surface area contributed by atoms with Crippen LogP contribution in [0.2, 0.25) is 0 Å². The van der Waals surface area contributed by atoms with Gasteiger partial charge in [-0.05, 0) is 49.1 Å². The average molecular weight is 410 g/mol.